The Labute approximate surface area is 215 Å². The van der Waals surface area contributed by atoms with E-state index in [0.29, 0.717) is 25.9 Å². The van der Waals surface area contributed by atoms with Gasteiger partial charge in [-0.2, -0.15) is 0 Å². The van der Waals surface area contributed by atoms with Gasteiger partial charge in [0, 0.05) is 19.6 Å². The molecule has 1 fully saturated rings. The third kappa shape index (κ3) is 10.4. The maximum Gasteiger partial charge on any atom is 0.247 e. The summed E-state index contributed by atoms with van der Waals surface area (Å²) in [4.78, 5) is 32.3. The van der Waals surface area contributed by atoms with Gasteiger partial charge < -0.3 is 4.74 Å². The Balaban J connectivity index is 2.26. The Morgan fingerprint density at radius 3 is 2.47 bits per heavy atom. The lowest BCUT2D eigenvalue weighted by molar-refractivity contribution is -0.203. The minimum Gasteiger partial charge on any atom is -0.350 e. The largest absolute Gasteiger partial charge is 0.350 e. The third-order valence-corrected chi connectivity index (χ3v) is 6.95. The molecule has 0 spiro atoms. The first-order valence-corrected chi connectivity index (χ1v) is 14.5. The smallest absolute Gasteiger partial charge is 0.247 e. The zero-order chi connectivity index (χ0) is 26.6. The van der Waals surface area contributed by atoms with Crippen LogP contribution in [0.5, 0.6) is 0 Å². The van der Waals surface area contributed by atoms with E-state index in [0.717, 1.165) is 29.1 Å². The summed E-state index contributed by atoms with van der Waals surface area (Å²) in [7, 11) is -3.66. The lowest BCUT2D eigenvalue weighted by Crippen LogP contribution is -2.51. The van der Waals surface area contributed by atoms with Crippen molar-refractivity contribution in [2.75, 3.05) is 19.4 Å². The molecule has 10 heteroatoms. The van der Waals surface area contributed by atoms with Crippen molar-refractivity contribution >= 4 is 27.9 Å². The van der Waals surface area contributed by atoms with Crippen LogP contribution in [0.25, 0.3) is 6.08 Å². The van der Waals surface area contributed by atoms with Gasteiger partial charge in [0.2, 0.25) is 21.8 Å². The highest BCUT2D eigenvalue weighted by Gasteiger charge is 2.36. The number of hydrazine groups is 1. The number of carbonyl (C=O) groups excluding carboxylic acids is 2. The van der Waals surface area contributed by atoms with Gasteiger partial charge in [-0.1, -0.05) is 63.3 Å². The van der Waals surface area contributed by atoms with Gasteiger partial charge in [0.25, 0.3) is 0 Å². The molecule has 0 saturated carbocycles. The number of hydroxylamine groups is 1. The van der Waals surface area contributed by atoms with Gasteiger partial charge in [0.05, 0.1) is 18.1 Å². The molecule has 1 heterocycles. The van der Waals surface area contributed by atoms with Crippen LogP contribution >= 0.6 is 0 Å². The van der Waals surface area contributed by atoms with Gasteiger partial charge in [-0.05, 0) is 43.6 Å². The van der Waals surface area contributed by atoms with E-state index < -0.39 is 40.0 Å². The summed E-state index contributed by atoms with van der Waals surface area (Å²) in [5, 5.41) is 0. The molecule has 1 aliphatic heterocycles. The lowest BCUT2D eigenvalue weighted by Gasteiger charge is -2.29. The van der Waals surface area contributed by atoms with Gasteiger partial charge in [-0.15, -0.1) is 4.41 Å². The number of sulfonamides is 1. The topological polar surface area (TPSA) is 114 Å². The Morgan fingerprint density at radius 2 is 1.89 bits per heavy atom. The summed E-state index contributed by atoms with van der Waals surface area (Å²) in [5.41, 5.74) is 6.03. The SMILES string of the molecule is CCCN(NC(=O)[C@H](CC(C)C)[C@H](C/C=C/c1ccccc1)C(=O)NOC1CCCCO1)S(C)(=O)=O. The van der Waals surface area contributed by atoms with E-state index >= 15 is 0 Å². The Kier molecular flexibility index (Phi) is 12.6. The Morgan fingerprint density at radius 1 is 1.17 bits per heavy atom. The van der Waals surface area contributed by atoms with Crippen molar-refractivity contribution in [3.8, 4) is 0 Å². The monoisotopic (exact) mass is 523 g/mol. The quantitative estimate of drug-likeness (QED) is 0.360. The molecule has 0 aromatic heterocycles. The number of hydrogen-bond donors (Lipinski definition) is 2. The van der Waals surface area contributed by atoms with E-state index in [2.05, 4.69) is 10.9 Å². The molecule has 0 bridgehead atoms. The van der Waals surface area contributed by atoms with Crippen molar-refractivity contribution in [2.24, 2.45) is 17.8 Å². The normalized spacial score (nSPS) is 18.3. The predicted molar refractivity (Wildman–Crippen MR) is 139 cm³/mol. The van der Waals surface area contributed by atoms with Crippen molar-refractivity contribution in [3.63, 3.8) is 0 Å². The van der Waals surface area contributed by atoms with Crippen molar-refractivity contribution in [3.05, 3.63) is 42.0 Å². The maximum absolute atomic E-state index is 13.4. The fourth-order valence-corrected chi connectivity index (χ4v) is 4.82. The van der Waals surface area contributed by atoms with Gasteiger partial charge in [0.1, 0.15) is 0 Å². The molecule has 1 aromatic carbocycles. The van der Waals surface area contributed by atoms with Crippen LogP contribution in [-0.4, -0.2) is 50.3 Å². The summed E-state index contributed by atoms with van der Waals surface area (Å²) in [6.07, 6.45) is 8.05. The number of nitrogens with zero attached hydrogens (tertiary/aromatic N) is 1. The van der Waals surface area contributed by atoms with Crippen molar-refractivity contribution in [2.45, 2.75) is 65.6 Å². The minimum atomic E-state index is -3.66. The van der Waals surface area contributed by atoms with E-state index in [9.17, 15) is 18.0 Å². The number of ether oxygens (including phenoxy) is 1. The molecule has 0 aliphatic carbocycles. The van der Waals surface area contributed by atoms with Crippen LogP contribution in [0.3, 0.4) is 0 Å². The number of benzene rings is 1. The average Bonchev–Trinajstić information content (AvgIpc) is 2.84. The van der Waals surface area contributed by atoms with Crippen LogP contribution in [0.2, 0.25) is 0 Å². The summed E-state index contributed by atoms with van der Waals surface area (Å²) in [5.74, 6) is -2.41. The fourth-order valence-electron chi connectivity index (χ4n) is 4.05. The molecule has 1 unspecified atom stereocenters. The highest BCUT2D eigenvalue weighted by molar-refractivity contribution is 7.88. The van der Waals surface area contributed by atoms with Crippen molar-refractivity contribution in [1.82, 2.24) is 15.3 Å². The zero-order valence-corrected chi connectivity index (χ0v) is 22.6. The molecular formula is C26H41N3O6S. The molecule has 1 aromatic rings. The van der Waals surface area contributed by atoms with Gasteiger partial charge in [0.15, 0.2) is 6.29 Å². The average molecular weight is 524 g/mol. The van der Waals surface area contributed by atoms with E-state index in [4.69, 9.17) is 9.57 Å². The molecule has 2 amide bonds. The Hall–Kier alpha value is -2.27. The molecule has 36 heavy (non-hydrogen) atoms. The van der Waals surface area contributed by atoms with Crippen LogP contribution in [0.1, 0.15) is 64.9 Å². The second-order valence-electron chi connectivity index (χ2n) is 9.58. The number of nitrogens with one attached hydrogen (secondary N) is 2. The fraction of sp³-hybridized carbons (Fsp3) is 0.615. The highest BCUT2D eigenvalue weighted by atomic mass is 32.2. The van der Waals surface area contributed by atoms with E-state index in [-0.39, 0.29) is 18.9 Å². The van der Waals surface area contributed by atoms with Crippen LogP contribution in [0, 0.1) is 17.8 Å². The first-order chi connectivity index (χ1) is 17.1. The van der Waals surface area contributed by atoms with E-state index in [1.54, 1.807) is 0 Å². The van der Waals surface area contributed by atoms with Crippen LogP contribution in [-0.2, 0) is 29.2 Å². The molecule has 202 valence electrons. The zero-order valence-electron chi connectivity index (χ0n) is 21.8. The second-order valence-corrected chi connectivity index (χ2v) is 11.5. The summed E-state index contributed by atoms with van der Waals surface area (Å²) in [6, 6.07) is 9.66. The number of carbonyl (C=O) groups is 2. The van der Waals surface area contributed by atoms with Gasteiger partial charge >= 0.3 is 0 Å². The minimum absolute atomic E-state index is 0.0922. The summed E-state index contributed by atoms with van der Waals surface area (Å²) >= 11 is 0. The molecule has 2 N–H and O–H groups in total. The van der Waals surface area contributed by atoms with E-state index in [1.807, 2.05) is 63.3 Å². The molecule has 1 aliphatic rings. The number of allylic oxidation sites excluding steroid dienone is 1. The standard InChI is InChI=1S/C26H41N3O6S/c1-5-17-29(36(4,32)33)27-25(30)23(19-20(2)3)22(15-11-14-21-12-7-6-8-13-21)26(31)28-35-24-16-9-10-18-34-24/h6-8,11-14,20,22-24H,5,9-10,15-19H2,1-4H3,(H,27,30)(H,28,31)/b14-11+/t22-,23+,24?/m0/s1. The molecule has 9 nitrogen and oxygen atoms in total. The molecule has 0 radical (unpaired) electrons. The summed E-state index contributed by atoms with van der Waals surface area (Å²) in [6.45, 7) is 6.46. The number of hydrogen-bond acceptors (Lipinski definition) is 6. The highest BCUT2D eigenvalue weighted by Crippen LogP contribution is 2.26. The molecule has 2 rings (SSSR count). The van der Waals surface area contributed by atoms with Gasteiger partial charge in [-0.3, -0.25) is 15.0 Å². The maximum atomic E-state index is 13.4. The molecule has 1 saturated heterocycles. The van der Waals surface area contributed by atoms with Gasteiger partial charge in [-0.25, -0.2) is 18.7 Å². The van der Waals surface area contributed by atoms with Crippen LogP contribution < -0.4 is 10.9 Å². The van der Waals surface area contributed by atoms with E-state index in [1.165, 1.54) is 0 Å². The second kappa shape index (κ2) is 15.1. The van der Waals surface area contributed by atoms with Crippen molar-refractivity contribution in [1.29, 1.82) is 0 Å². The first-order valence-electron chi connectivity index (χ1n) is 12.7. The van der Waals surface area contributed by atoms with Crippen LogP contribution in [0.4, 0.5) is 0 Å². The Bertz CT molecular complexity index is 946. The third-order valence-electron chi connectivity index (χ3n) is 5.88. The number of rotatable bonds is 14. The molecule has 3 atom stereocenters. The summed E-state index contributed by atoms with van der Waals surface area (Å²) < 4.78 is 30.9. The predicted octanol–water partition coefficient (Wildman–Crippen LogP) is 3.65. The molecular weight excluding hydrogens is 482 g/mol. The first kappa shape index (κ1) is 30.0. The van der Waals surface area contributed by atoms with Crippen molar-refractivity contribution < 1.29 is 27.6 Å². The lowest BCUT2D eigenvalue weighted by atomic mass is 9.82. The number of amides is 2. The van der Waals surface area contributed by atoms with Crippen LogP contribution in [0.15, 0.2) is 36.4 Å².